The number of fused-ring (bicyclic) bond motifs is 2. The Bertz CT molecular complexity index is 3220. The molecule has 2 N–H and O–H groups in total. The fourth-order valence-corrected chi connectivity index (χ4v) is 10.1. The highest BCUT2D eigenvalue weighted by atomic mass is 35.5. The number of nitro groups is 1. The third kappa shape index (κ3) is 13.5. The number of pyridine rings is 2. The fourth-order valence-electron chi connectivity index (χ4n) is 7.66. The van der Waals surface area contributed by atoms with Crippen LogP contribution in [0.3, 0.4) is 0 Å². The zero-order valence-electron chi connectivity index (χ0n) is 44.1. The van der Waals surface area contributed by atoms with Crippen LogP contribution in [0.2, 0.25) is 46.3 Å². The molecule has 4 aromatic carbocycles. The summed E-state index contributed by atoms with van der Waals surface area (Å²) in [7, 11) is -4.14. The van der Waals surface area contributed by atoms with Crippen LogP contribution >= 0.6 is 23.2 Å². The van der Waals surface area contributed by atoms with Crippen molar-refractivity contribution in [2.45, 2.75) is 118 Å². The highest BCUT2D eigenvalue weighted by Gasteiger charge is 2.38. The first-order chi connectivity index (χ1) is 34.4. The van der Waals surface area contributed by atoms with Crippen molar-refractivity contribution in [2.75, 3.05) is 32.2 Å². The number of nitrogens with zero attached hydrogens (tertiary/aromatic N) is 3. The molecule has 0 atom stereocenters. The molecular formula is C54H66Cl2F2N4O10Si2. The maximum absolute atomic E-state index is 14.6. The van der Waals surface area contributed by atoms with E-state index in [2.05, 4.69) is 67.7 Å². The molecule has 6 rings (SSSR count). The summed E-state index contributed by atoms with van der Waals surface area (Å²) in [5.74, 6) is -2.68. The van der Waals surface area contributed by atoms with Crippen molar-refractivity contribution in [3.05, 3.63) is 159 Å². The Morgan fingerprint density at radius 3 is 1.46 bits per heavy atom. The molecule has 0 aliphatic carbocycles. The molecule has 0 aliphatic rings. The van der Waals surface area contributed by atoms with Crippen LogP contribution in [-0.2, 0) is 44.3 Å². The van der Waals surface area contributed by atoms with Gasteiger partial charge >= 0.3 is 11.9 Å². The van der Waals surface area contributed by atoms with E-state index >= 15 is 0 Å². The van der Waals surface area contributed by atoms with Crippen molar-refractivity contribution in [1.82, 2.24) is 9.13 Å². The molecular weight excluding hydrogens is 1030 g/mol. The number of anilines is 1. The van der Waals surface area contributed by atoms with Gasteiger partial charge in [0.2, 0.25) is 10.9 Å². The van der Waals surface area contributed by atoms with E-state index in [-0.39, 0.29) is 98.0 Å². The van der Waals surface area contributed by atoms with E-state index in [0.717, 1.165) is 0 Å². The number of carbonyl (C=O) groups is 2. The lowest BCUT2D eigenvalue weighted by atomic mass is 10.00. The van der Waals surface area contributed by atoms with Gasteiger partial charge in [-0.1, -0.05) is 89.0 Å². The van der Waals surface area contributed by atoms with Crippen molar-refractivity contribution < 1.29 is 41.6 Å². The lowest BCUT2D eigenvalue weighted by Crippen LogP contribution is -2.41. The molecule has 2 aromatic heterocycles. The van der Waals surface area contributed by atoms with Crippen LogP contribution in [0, 0.1) is 21.7 Å². The molecule has 14 nitrogen and oxygen atoms in total. The Morgan fingerprint density at radius 2 is 1.07 bits per heavy atom. The van der Waals surface area contributed by atoms with Crippen molar-refractivity contribution in [3.63, 3.8) is 0 Å². The van der Waals surface area contributed by atoms with Crippen LogP contribution in [0.15, 0.2) is 82.6 Å². The van der Waals surface area contributed by atoms with Gasteiger partial charge in [0.1, 0.15) is 28.3 Å². The van der Waals surface area contributed by atoms with Gasteiger partial charge in [-0.2, -0.15) is 0 Å². The minimum absolute atomic E-state index is 0.0231. The standard InChI is InChI=1S/C27H32ClFN2O6Si.C27H34ClFN2O4Si/c1-7-36-26(33)20-16-30(11-12-37-38(5,6)27(2,3)4)24-19(25(20)32)14-17(15-22(24)31(34)35)13-18-9-8-10-21(28)23(18)29;1-7-34-26(33)20-16-31(11-12-35-36(5,6)27(2,3)4)24-19(25(20)32)14-17(15-22(24)30)13-18-9-8-10-21(28)23(18)29/h8-10,14-16H,7,11-13H2,1-6H3;8-10,14-16H,7,11-13,30H2,1-6H3. The van der Waals surface area contributed by atoms with Crippen LogP contribution in [-0.4, -0.2) is 69.1 Å². The number of rotatable bonds is 17. The number of nitrogen functional groups attached to an aromatic ring is 1. The Balaban J connectivity index is 0.000000274. The third-order valence-electron chi connectivity index (χ3n) is 13.7. The van der Waals surface area contributed by atoms with E-state index in [0.29, 0.717) is 41.0 Å². The first kappa shape index (κ1) is 59.1. The summed E-state index contributed by atoms with van der Waals surface area (Å²) in [6, 6.07) is 15.4. The second-order valence-electron chi connectivity index (χ2n) is 20.9. The molecule has 6 aromatic rings. The van der Waals surface area contributed by atoms with E-state index in [1.807, 2.05) is 0 Å². The summed E-state index contributed by atoms with van der Waals surface area (Å²) in [5.41, 5.74) is 7.06. The first-order valence-corrected chi connectivity index (χ1v) is 30.8. The van der Waals surface area contributed by atoms with Crippen LogP contribution < -0.4 is 16.6 Å². The third-order valence-corrected chi connectivity index (χ3v) is 23.4. The normalized spacial score (nSPS) is 12.2. The molecule has 398 valence electrons. The predicted octanol–water partition coefficient (Wildman–Crippen LogP) is 12.7. The number of aromatic nitrogens is 2. The fraction of sp³-hybridized carbons (Fsp3) is 0.407. The average molecular weight is 1100 g/mol. The van der Waals surface area contributed by atoms with Gasteiger partial charge < -0.3 is 33.2 Å². The van der Waals surface area contributed by atoms with Crippen molar-refractivity contribution in [3.8, 4) is 0 Å². The number of halogens is 4. The summed E-state index contributed by atoms with van der Waals surface area (Å²) in [6.07, 6.45) is 2.93. The molecule has 0 amide bonds. The van der Waals surface area contributed by atoms with E-state index < -0.39 is 56.0 Å². The van der Waals surface area contributed by atoms with Gasteiger partial charge in [-0.15, -0.1) is 0 Å². The summed E-state index contributed by atoms with van der Waals surface area (Å²) in [6.45, 7) is 26.0. The number of ether oxygens (including phenoxy) is 2. The van der Waals surface area contributed by atoms with E-state index in [9.17, 15) is 38.1 Å². The minimum Gasteiger partial charge on any atom is -0.462 e. The number of nitro benzene ring substituents is 1. The SMILES string of the molecule is CCOC(=O)c1cn(CCO[Si](C)(C)C(C)(C)C)c2c(N)cc(Cc3cccc(Cl)c3F)cc2c1=O.CCOC(=O)c1cn(CCO[Si](C)(C)C(C)(C)C)c2c([N+](=O)[O-])cc(Cc3cccc(Cl)c3F)cc2c1=O. The molecule has 0 radical (unpaired) electrons. The van der Waals surface area contributed by atoms with Crippen LogP contribution in [0.25, 0.3) is 21.8 Å². The van der Waals surface area contributed by atoms with Gasteiger partial charge in [0.05, 0.1) is 58.0 Å². The number of hydrogen-bond acceptors (Lipinski definition) is 11. The van der Waals surface area contributed by atoms with Crippen LogP contribution in [0.1, 0.15) is 98.4 Å². The van der Waals surface area contributed by atoms with Crippen molar-refractivity contribution >= 4 is 85.0 Å². The Kier molecular flexibility index (Phi) is 19.0. The quantitative estimate of drug-likeness (QED) is 0.0301. The molecule has 0 bridgehead atoms. The van der Waals surface area contributed by atoms with Gasteiger partial charge in [-0.25, -0.2) is 18.4 Å². The van der Waals surface area contributed by atoms with Gasteiger partial charge in [-0.05, 0) is 103 Å². The van der Waals surface area contributed by atoms with E-state index in [1.165, 1.54) is 47.3 Å². The highest BCUT2D eigenvalue weighted by Crippen LogP contribution is 2.38. The Hall–Kier alpha value is -5.77. The van der Waals surface area contributed by atoms with Gasteiger partial charge in [-0.3, -0.25) is 19.7 Å². The summed E-state index contributed by atoms with van der Waals surface area (Å²) in [4.78, 5) is 63.6. The van der Waals surface area contributed by atoms with Gasteiger partial charge in [0.15, 0.2) is 16.6 Å². The lowest BCUT2D eigenvalue weighted by molar-refractivity contribution is -0.383. The average Bonchev–Trinajstić information content (AvgIpc) is 3.30. The predicted molar refractivity (Wildman–Crippen MR) is 294 cm³/mol. The molecule has 0 saturated carbocycles. The number of carbonyl (C=O) groups excluding carboxylic acids is 2. The van der Waals surface area contributed by atoms with E-state index in [1.54, 1.807) is 48.7 Å². The smallest absolute Gasteiger partial charge is 0.343 e. The highest BCUT2D eigenvalue weighted by molar-refractivity contribution is 6.74. The monoisotopic (exact) mass is 1090 g/mol. The first-order valence-electron chi connectivity index (χ1n) is 24.2. The summed E-state index contributed by atoms with van der Waals surface area (Å²) < 4.78 is 55.1. The number of hydrogen-bond donors (Lipinski definition) is 1. The Morgan fingerprint density at radius 1 is 0.676 bits per heavy atom. The minimum atomic E-state index is -2.13. The number of non-ortho nitro benzene ring substituents is 1. The van der Waals surface area contributed by atoms with Crippen LogP contribution in [0.5, 0.6) is 0 Å². The number of nitrogens with two attached hydrogens (primary N) is 1. The maximum atomic E-state index is 14.6. The number of esters is 2. The second-order valence-corrected chi connectivity index (χ2v) is 31.4. The molecule has 20 heteroatoms. The molecule has 2 heterocycles. The Labute approximate surface area is 442 Å². The molecule has 0 unspecified atom stereocenters. The number of benzene rings is 4. The summed E-state index contributed by atoms with van der Waals surface area (Å²) >= 11 is 11.8. The molecule has 0 spiro atoms. The molecule has 0 fully saturated rings. The topological polar surface area (TPSA) is 184 Å². The molecule has 74 heavy (non-hydrogen) atoms. The van der Waals surface area contributed by atoms with Crippen LogP contribution in [0.4, 0.5) is 20.2 Å². The second kappa shape index (κ2) is 23.8. The van der Waals surface area contributed by atoms with Gasteiger partial charge in [0, 0.05) is 49.8 Å². The van der Waals surface area contributed by atoms with Gasteiger partial charge in [0.25, 0.3) is 5.69 Å². The van der Waals surface area contributed by atoms with E-state index in [4.69, 9.17) is 47.3 Å². The summed E-state index contributed by atoms with van der Waals surface area (Å²) in [5, 5.41) is 12.3. The molecule has 0 aliphatic heterocycles. The lowest BCUT2D eigenvalue weighted by Gasteiger charge is -2.36. The largest absolute Gasteiger partial charge is 0.462 e. The maximum Gasteiger partial charge on any atom is 0.343 e. The molecule has 0 saturated heterocycles. The van der Waals surface area contributed by atoms with Crippen molar-refractivity contribution in [1.29, 1.82) is 0 Å². The zero-order valence-corrected chi connectivity index (χ0v) is 47.6. The van der Waals surface area contributed by atoms with Crippen molar-refractivity contribution in [2.24, 2.45) is 0 Å². The zero-order chi connectivity index (χ0) is 55.2.